The van der Waals surface area contributed by atoms with E-state index in [-0.39, 0.29) is 0 Å². The van der Waals surface area contributed by atoms with Crippen molar-refractivity contribution < 1.29 is 4.74 Å². The molecule has 0 bridgehead atoms. The van der Waals surface area contributed by atoms with Gasteiger partial charge in [0.05, 0.1) is 0 Å². The van der Waals surface area contributed by atoms with E-state index in [0.717, 1.165) is 30.0 Å². The maximum Gasteiger partial charge on any atom is 0.127 e. The lowest BCUT2D eigenvalue weighted by atomic mass is 10.1. The molecule has 0 aromatic heterocycles. The van der Waals surface area contributed by atoms with Crippen LogP contribution in [0.4, 0.5) is 0 Å². The van der Waals surface area contributed by atoms with E-state index in [9.17, 15) is 0 Å². The molecule has 0 aliphatic carbocycles. The second-order valence-corrected chi connectivity index (χ2v) is 4.18. The van der Waals surface area contributed by atoms with Crippen LogP contribution in [0, 0.1) is 6.92 Å². The van der Waals surface area contributed by atoms with Crippen LogP contribution in [0.25, 0.3) is 0 Å². The van der Waals surface area contributed by atoms with Crippen molar-refractivity contribution in [2.24, 2.45) is 0 Å². The molecular formula is C13H18ClNO. The molecule has 0 saturated carbocycles. The van der Waals surface area contributed by atoms with Gasteiger partial charge >= 0.3 is 0 Å². The van der Waals surface area contributed by atoms with E-state index in [4.69, 9.17) is 16.3 Å². The molecule has 2 nitrogen and oxygen atoms in total. The molecule has 1 N–H and O–H groups in total. The summed E-state index contributed by atoms with van der Waals surface area (Å²) in [6.45, 7) is 9.83. The van der Waals surface area contributed by atoms with Crippen LogP contribution in [-0.4, -0.2) is 13.2 Å². The quantitative estimate of drug-likeness (QED) is 0.823. The van der Waals surface area contributed by atoms with Crippen molar-refractivity contribution in [3.63, 3.8) is 0 Å². The Balaban J connectivity index is 2.80. The minimum Gasteiger partial charge on any atom is -0.487 e. The summed E-state index contributed by atoms with van der Waals surface area (Å²) in [6.07, 6.45) is 0. The fraction of sp³-hybridized carbons (Fsp3) is 0.385. The monoisotopic (exact) mass is 239 g/mol. The second-order valence-electron chi connectivity index (χ2n) is 3.65. The van der Waals surface area contributed by atoms with Crippen LogP contribution in [0.1, 0.15) is 18.1 Å². The SMILES string of the molecule is C=C(Cl)COc1c(C)cccc1CNCC. The molecule has 88 valence electrons. The lowest BCUT2D eigenvalue weighted by Crippen LogP contribution is -2.13. The highest BCUT2D eigenvalue weighted by Crippen LogP contribution is 2.24. The number of nitrogens with one attached hydrogen (secondary N) is 1. The lowest BCUT2D eigenvalue weighted by molar-refractivity contribution is 0.352. The number of halogens is 1. The molecule has 1 aromatic rings. The molecule has 0 aliphatic rings. The first-order valence-corrected chi connectivity index (χ1v) is 5.78. The van der Waals surface area contributed by atoms with E-state index in [1.165, 1.54) is 0 Å². The highest BCUT2D eigenvalue weighted by atomic mass is 35.5. The van der Waals surface area contributed by atoms with Gasteiger partial charge in [-0.1, -0.05) is 43.3 Å². The average molecular weight is 240 g/mol. The minimum absolute atomic E-state index is 0.353. The molecule has 0 saturated heterocycles. The van der Waals surface area contributed by atoms with Gasteiger partial charge in [0, 0.05) is 17.1 Å². The first-order valence-electron chi connectivity index (χ1n) is 5.40. The van der Waals surface area contributed by atoms with Crippen LogP contribution < -0.4 is 10.1 Å². The fourth-order valence-electron chi connectivity index (χ4n) is 1.47. The molecule has 0 amide bonds. The van der Waals surface area contributed by atoms with E-state index < -0.39 is 0 Å². The van der Waals surface area contributed by atoms with Gasteiger partial charge in [0.15, 0.2) is 0 Å². The van der Waals surface area contributed by atoms with Crippen molar-refractivity contribution in [3.8, 4) is 5.75 Å². The van der Waals surface area contributed by atoms with Crippen LogP contribution in [-0.2, 0) is 6.54 Å². The molecule has 0 unspecified atom stereocenters. The Kier molecular flexibility index (Phi) is 5.36. The maximum absolute atomic E-state index is 5.70. The Morgan fingerprint density at radius 3 is 2.88 bits per heavy atom. The zero-order valence-electron chi connectivity index (χ0n) is 9.85. The summed E-state index contributed by atoms with van der Waals surface area (Å²) in [6, 6.07) is 6.12. The highest BCUT2D eigenvalue weighted by molar-refractivity contribution is 6.29. The largest absolute Gasteiger partial charge is 0.487 e. The maximum atomic E-state index is 5.70. The standard InChI is InChI=1S/C13H18ClNO/c1-4-15-8-12-7-5-6-10(2)13(12)16-9-11(3)14/h5-7,15H,3-4,8-9H2,1-2H3. The minimum atomic E-state index is 0.353. The molecule has 0 atom stereocenters. The number of hydrogen-bond donors (Lipinski definition) is 1. The van der Waals surface area contributed by atoms with Crippen LogP contribution >= 0.6 is 11.6 Å². The third-order valence-electron chi connectivity index (χ3n) is 2.23. The van der Waals surface area contributed by atoms with E-state index in [1.807, 2.05) is 19.1 Å². The zero-order valence-corrected chi connectivity index (χ0v) is 10.6. The van der Waals surface area contributed by atoms with Gasteiger partial charge in [-0.15, -0.1) is 0 Å². The van der Waals surface area contributed by atoms with Gasteiger partial charge in [0.2, 0.25) is 0 Å². The molecule has 16 heavy (non-hydrogen) atoms. The van der Waals surface area contributed by atoms with E-state index in [1.54, 1.807) is 0 Å². The van der Waals surface area contributed by atoms with Crippen LogP contribution in [0.15, 0.2) is 29.8 Å². The first kappa shape index (κ1) is 13.1. The number of aryl methyl sites for hydroxylation is 1. The molecule has 0 heterocycles. The third kappa shape index (κ3) is 3.87. The first-order chi connectivity index (χ1) is 7.65. The van der Waals surface area contributed by atoms with Gasteiger partial charge in [-0.05, 0) is 19.0 Å². The van der Waals surface area contributed by atoms with E-state index >= 15 is 0 Å². The molecule has 1 aromatic carbocycles. The topological polar surface area (TPSA) is 21.3 Å². The summed E-state index contributed by atoms with van der Waals surface area (Å²) in [7, 11) is 0. The van der Waals surface area contributed by atoms with Gasteiger partial charge in [0.25, 0.3) is 0 Å². The van der Waals surface area contributed by atoms with Crippen molar-refractivity contribution >= 4 is 11.6 Å². The number of rotatable bonds is 6. The number of ether oxygens (including phenoxy) is 1. The normalized spacial score (nSPS) is 10.2. The average Bonchev–Trinajstić information content (AvgIpc) is 2.24. The van der Waals surface area contributed by atoms with Crippen molar-refractivity contribution in [1.82, 2.24) is 5.32 Å². The third-order valence-corrected chi connectivity index (χ3v) is 2.34. The Hall–Kier alpha value is -0.990. The predicted molar refractivity (Wildman–Crippen MR) is 69.0 cm³/mol. The molecule has 0 radical (unpaired) electrons. The van der Waals surface area contributed by atoms with E-state index in [0.29, 0.717) is 11.6 Å². The van der Waals surface area contributed by atoms with Gasteiger partial charge in [-0.2, -0.15) is 0 Å². The van der Waals surface area contributed by atoms with Gasteiger partial charge in [0.1, 0.15) is 12.4 Å². The summed E-state index contributed by atoms with van der Waals surface area (Å²) < 4.78 is 5.65. The summed E-state index contributed by atoms with van der Waals surface area (Å²) in [5, 5.41) is 3.80. The van der Waals surface area contributed by atoms with Crippen LogP contribution in [0.2, 0.25) is 0 Å². The molecule has 0 fully saturated rings. The van der Waals surface area contributed by atoms with Gasteiger partial charge in [-0.3, -0.25) is 0 Å². The Bertz CT molecular complexity index is 363. The van der Waals surface area contributed by atoms with Gasteiger partial charge < -0.3 is 10.1 Å². The summed E-state index contributed by atoms with van der Waals surface area (Å²) in [5.41, 5.74) is 2.27. The lowest BCUT2D eigenvalue weighted by Gasteiger charge is -2.13. The molecular weight excluding hydrogens is 222 g/mol. The number of hydrogen-bond acceptors (Lipinski definition) is 2. The predicted octanol–water partition coefficient (Wildman–Crippen LogP) is 3.24. The van der Waals surface area contributed by atoms with Crippen LogP contribution in [0.5, 0.6) is 5.75 Å². The smallest absolute Gasteiger partial charge is 0.127 e. The van der Waals surface area contributed by atoms with Crippen molar-refractivity contribution in [3.05, 3.63) is 40.9 Å². The Morgan fingerprint density at radius 2 is 2.25 bits per heavy atom. The zero-order chi connectivity index (χ0) is 12.0. The fourth-order valence-corrected chi connectivity index (χ4v) is 1.52. The number of para-hydroxylation sites is 1. The second kappa shape index (κ2) is 6.56. The Morgan fingerprint density at radius 1 is 1.50 bits per heavy atom. The Labute approximate surface area is 102 Å². The highest BCUT2D eigenvalue weighted by Gasteiger charge is 2.06. The van der Waals surface area contributed by atoms with Crippen molar-refractivity contribution in [2.45, 2.75) is 20.4 Å². The molecule has 0 spiro atoms. The van der Waals surface area contributed by atoms with Crippen molar-refractivity contribution in [2.75, 3.05) is 13.2 Å². The molecule has 1 rings (SSSR count). The van der Waals surface area contributed by atoms with E-state index in [2.05, 4.69) is 24.9 Å². The molecule has 0 aliphatic heterocycles. The van der Waals surface area contributed by atoms with Gasteiger partial charge in [-0.25, -0.2) is 0 Å². The van der Waals surface area contributed by atoms with Crippen molar-refractivity contribution in [1.29, 1.82) is 0 Å². The summed E-state index contributed by atoms with van der Waals surface area (Å²) >= 11 is 5.70. The number of benzene rings is 1. The summed E-state index contributed by atoms with van der Waals surface area (Å²) in [4.78, 5) is 0. The molecule has 3 heteroatoms. The van der Waals surface area contributed by atoms with Crippen LogP contribution in [0.3, 0.4) is 0 Å². The summed E-state index contributed by atoms with van der Waals surface area (Å²) in [5.74, 6) is 0.908.